The summed E-state index contributed by atoms with van der Waals surface area (Å²) in [4.78, 5) is 44.2. The van der Waals surface area contributed by atoms with Crippen LogP contribution >= 0.6 is 0 Å². The standard InChI is InChI=1S/C30H28FN5O3/c1-2-17-34-21-27(37)35-26(36(34)30(39)32-18-22-9-5-3-6-10-22)20-33(19-23-13-15-25(31)16-14-23)29(38)28(35)24-11-7-4-8-12-24/h1,3-16,26,28H,17-21H2,(H,32,39)/t26-,28-/m0/s1. The monoisotopic (exact) mass is 525 g/mol. The molecule has 0 aliphatic carbocycles. The van der Waals surface area contributed by atoms with Crippen LogP contribution in [-0.4, -0.2) is 63.5 Å². The van der Waals surface area contributed by atoms with E-state index in [4.69, 9.17) is 6.42 Å². The van der Waals surface area contributed by atoms with Crippen molar-refractivity contribution in [2.45, 2.75) is 25.3 Å². The first-order valence-electron chi connectivity index (χ1n) is 12.6. The van der Waals surface area contributed by atoms with Gasteiger partial charge in [0, 0.05) is 13.1 Å². The van der Waals surface area contributed by atoms with Crippen LogP contribution < -0.4 is 5.32 Å². The number of carbonyl (C=O) groups is 3. The fourth-order valence-electron chi connectivity index (χ4n) is 5.09. The van der Waals surface area contributed by atoms with E-state index in [9.17, 15) is 18.8 Å². The molecule has 198 valence electrons. The average Bonchev–Trinajstić information content (AvgIpc) is 2.95. The van der Waals surface area contributed by atoms with Crippen molar-refractivity contribution in [3.63, 3.8) is 0 Å². The van der Waals surface area contributed by atoms with E-state index in [0.29, 0.717) is 5.56 Å². The van der Waals surface area contributed by atoms with E-state index in [-0.39, 0.29) is 50.4 Å². The number of hydrazine groups is 1. The third-order valence-corrected chi connectivity index (χ3v) is 6.89. The highest BCUT2D eigenvalue weighted by Crippen LogP contribution is 2.35. The molecule has 0 spiro atoms. The molecule has 4 amide bonds. The smallest absolute Gasteiger partial charge is 0.333 e. The zero-order valence-corrected chi connectivity index (χ0v) is 21.2. The Morgan fingerprint density at radius 1 is 0.949 bits per heavy atom. The van der Waals surface area contributed by atoms with Crippen LogP contribution in [0.1, 0.15) is 22.7 Å². The van der Waals surface area contributed by atoms with Crippen molar-refractivity contribution in [1.29, 1.82) is 0 Å². The lowest BCUT2D eigenvalue weighted by Crippen LogP contribution is -2.74. The van der Waals surface area contributed by atoms with Crippen LogP contribution in [-0.2, 0) is 22.7 Å². The molecule has 2 atom stereocenters. The minimum atomic E-state index is -0.935. The van der Waals surface area contributed by atoms with Gasteiger partial charge in [0.1, 0.15) is 18.0 Å². The first-order chi connectivity index (χ1) is 19.0. The van der Waals surface area contributed by atoms with Gasteiger partial charge in [-0.3, -0.25) is 9.59 Å². The van der Waals surface area contributed by atoms with E-state index in [0.717, 1.165) is 11.1 Å². The molecule has 0 aromatic heterocycles. The van der Waals surface area contributed by atoms with Gasteiger partial charge in [-0.15, -0.1) is 6.42 Å². The Morgan fingerprint density at radius 2 is 1.62 bits per heavy atom. The molecule has 3 aromatic rings. The fraction of sp³-hybridized carbons (Fsp3) is 0.233. The summed E-state index contributed by atoms with van der Waals surface area (Å²) in [5.74, 6) is 1.59. The summed E-state index contributed by atoms with van der Waals surface area (Å²) in [6.45, 7) is 0.423. The molecule has 9 heteroatoms. The number of fused-ring (bicyclic) bond motifs is 1. The molecule has 0 unspecified atom stereocenters. The van der Waals surface area contributed by atoms with Crippen LogP contribution in [0.15, 0.2) is 84.9 Å². The molecule has 2 heterocycles. The lowest BCUT2D eigenvalue weighted by atomic mass is 9.98. The molecule has 2 saturated heterocycles. The molecule has 3 aromatic carbocycles. The van der Waals surface area contributed by atoms with Crippen LogP contribution in [0.25, 0.3) is 0 Å². The van der Waals surface area contributed by atoms with Gasteiger partial charge in [0.25, 0.3) is 5.91 Å². The first kappa shape index (κ1) is 25.9. The van der Waals surface area contributed by atoms with Crippen LogP contribution in [0.3, 0.4) is 0 Å². The summed E-state index contributed by atoms with van der Waals surface area (Å²) in [7, 11) is 0. The van der Waals surface area contributed by atoms with Gasteiger partial charge < -0.3 is 15.1 Å². The molecule has 2 aliphatic heterocycles. The number of amides is 4. The van der Waals surface area contributed by atoms with Gasteiger partial charge in [-0.2, -0.15) is 5.01 Å². The third-order valence-electron chi connectivity index (χ3n) is 6.89. The molecule has 1 N–H and O–H groups in total. The number of nitrogens with zero attached hydrogens (tertiary/aromatic N) is 4. The Morgan fingerprint density at radius 3 is 2.28 bits per heavy atom. The number of halogens is 1. The van der Waals surface area contributed by atoms with Gasteiger partial charge in [0.2, 0.25) is 5.91 Å². The van der Waals surface area contributed by atoms with Crippen LogP contribution in [0, 0.1) is 18.2 Å². The van der Waals surface area contributed by atoms with Crippen LogP contribution in [0.2, 0.25) is 0 Å². The molecule has 39 heavy (non-hydrogen) atoms. The summed E-state index contributed by atoms with van der Waals surface area (Å²) >= 11 is 0. The Kier molecular flexibility index (Phi) is 7.57. The maximum atomic E-state index is 13.9. The highest BCUT2D eigenvalue weighted by atomic mass is 19.1. The number of carbonyl (C=O) groups excluding carboxylic acids is 3. The second kappa shape index (κ2) is 11.4. The molecule has 2 aliphatic rings. The number of benzene rings is 3. The Labute approximate surface area is 226 Å². The fourth-order valence-corrected chi connectivity index (χ4v) is 5.09. The summed E-state index contributed by atoms with van der Waals surface area (Å²) in [6, 6.07) is 23.1. The van der Waals surface area contributed by atoms with E-state index in [2.05, 4.69) is 11.2 Å². The van der Waals surface area contributed by atoms with Crippen molar-refractivity contribution >= 4 is 17.8 Å². The normalized spacial score (nSPS) is 19.4. The number of piperazine rings is 1. The highest BCUT2D eigenvalue weighted by Gasteiger charge is 2.51. The van der Waals surface area contributed by atoms with E-state index in [1.807, 2.05) is 36.4 Å². The van der Waals surface area contributed by atoms with Gasteiger partial charge in [-0.05, 0) is 28.8 Å². The van der Waals surface area contributed by atoms with E-state index < -0.39 is 18.2 Å². The molecule has 0 saturated carbocycles. The number of nitrogens with one attached hydrogen (secondary N) is 1. The molecule has 0 radical (unpaired) electrons. The van der Waals surface area contributed by atoms with Crippen molar-refractivity contribution in [1.82, 2.24) is 25.1 Å². The van der Waals surface area contributed by atoms with Crippen molar-refractivity contribution in [2.75, 3.05) is 19.6 Å². The largest absolute Gasteiger partial charge is 0.334 e. The van der Waals surface area contributed by atoms with E-state index in [1.54, 1.807) is 41.3 Å². The molecular formula is C30H28FN5O3. The SMILES string of the molecule is C#CCN1CC(=O)N2[C@@H](c3ccccc3)C(=O)N(Cc3ccc(F)cc3)C[C@@H]2N1C(=O)NCc1ccccc1. The average molecular weight is 526 g/mol. The molecule has 8 nitrogen and oxygen atoms in total. The number of rotatable bonds is 6. The quantitative estimate of drug-likeness (QED) is 0.502. The predicted octanol–water partition coefficient (Wildman–Crippen LogP) is 3.14. The highest BCUT2D eigenvalue weighted by molar-refractivity contribution is 5.92. The summed E-state index contributed by atoms with van der Waals surface area (Å²) in [5.41, 5.74) is 2.28. The Balaban J connectivity index is 1.51. The van der Waals surface area contributed by atoms with Gasteiger partial charge in [-0.1, -0.05) is 78.7 Å². The molecule has 0 bridgehead atoms. The number of urea groups is 1. The van der Waals surface area contributed by atoms with Crippen LogP contribution in [0.4, 0.5) is 9.18 Å². The number of terminal acetylenes is 1. The Bertz CT molecular complexity index is 1380. The van der Waals surface area contributed by atoms with Gasteiger partial charge in [0.05, 0.1) is 19.6 Å². The van der Waals surface area contributed by atoms with Crippen molar-refractivity contribution in [3.8, 4) is 12.3 Å². The van der Waals surface area contributed by atoms with E-state index >= 15 is 0 Å². The molecular weight excluding hydrogens is 497 g/mol. The minimum Gasteiger partial charge on any atom is -0.333 e. The zero-order valence-electron chi connectivity index (χ0n) is 21.2. The maximum Gasteiger partial charge on any atom is 0.334 e. The second-order valence-electron chi connectivity index (χ2n) is 9.46. The zero-order chi connectivity index (χ0) is 27.4. The first-order valence-corrected chi connectivity index (χ1v) is 12.6. The van der Waals surface area contributed by atoms with Crippen molar-refractivity contribution < 1.29 is 18.8 Å². The lowest BCUT2D eigenvalue weighted by Gasteiger charge is -2.54. The lowest BCUT2D eigenvalue weighted by molar-refractivity contribution is -0.190. The van der Waals surface area contributed by atoms with E-state index in [1.165, 1.54) is 27.1 Å². The summed E-state index contributed by atoms with van der Waals surface area (Å²) in [5, 5.41) is 5.94. The third kappa shape index (κ3) is 5.47. The van der Waals surface area contributed by atoms with Gasteiger partial charge >= 0.3 is 6.03 Å². The van der Waals surface area contributed by atoms with Gasteiger partial charge in [0.15, 0.2) is 0 Å². The summed E-state index contributed by atoms with van der Waals surface area (Å²) in [6.07, 6.45) is 4.81. The Hall–Kier alpha value is -4.68. The minimum absolute atomic E-state index is 0.0384. The van der Waals surface area contributed by atoms with Crippen molar-refractivity contribution in [3.05, 3.63) is 107 Å². The number of hydrogen-bond acceptors (Lipinski definition) is 4. The molecule has 2 fully saturated rings. The van der Waals surface area contributed by atoms with Crippen molar-refractivity contribution in [2.24, 2.45) is 0 Å². The van der Waals surface area contributed by atoms with Gasteiger partial charge in [-0.25, -0.2) is 14.2 Å². The molecule has 5 rings (SSSR count). The second-order valence-corrected chi connectivity index (χ2v) is 9.46. The summed E-state index contributed by atoms with van der Waals surface area (Å²) < 4.78 is 13.5. The topological polar surface area (TPSA) is 76.2 Å². The maximum absolute atomic E-state index is 13.9. The predicted molar refractivity (Wildman–Crippen MR) is 143 cm³/mol. The number of hydrogen-bond donors (Lipinski definition) is 1. The van der Waals surface area contributed by atoms with Crippen LogP contribution in [0.5, 0.6) is 0 Å².